The van der Waals surface area contributed by atoms with Crippen molar-refractivity contribution < 1.29 is 14.7 Å². The average Bonchev–Trinajstić information content (AvgIpc) is 2.76. The molecule has 0 saturated heterocycles. The van der Waals surface area contributed by atoms with Crippen molar-refractivity contribution in [2.45, 2.75) is 31.7 Å². The van der Waals surface area contributed by atoms with Gasteiger partial charge in [0.15, 0.2) is 5.69 Å². The van der Waals surface area contributed by atoms with Crippen molar-refractivity contribution in [1.82, 2.24) is 20.3 Å². The summed E-state index contributed by atoms with van der Waals surface area (Å²) < 4.78 is 1.43. The van der Waals surface area contributed by atoms with Crippen molar-refractivity contribution in [3.8, 4) is 0 Å². The van der Waals surface area contributed by atoms with Gasteiger partial charge < -0.3 is 10.4 Å². The van der Waals surface area contributed by atoms with E-state index in [9.17, 15) is 9.59 Å². The zero-order chi connectivity index (χ0) is 13.1. The maximum atomic E-state index is 11.9. The van der Waals surface area contributed by atoms with Crippen LogP contribution in [0.25, 0.3) is 0 Å². The SMILES string of the molecule is Cn1cc(C(=O)NC2CCCCC2C(=O)O)nn1. The van der Waals surface area contributed by atoms with Crippen molar-refractivity contribution in [3.63, 3.8) is 0 Å². The maximum absolute atomic E-state index is 11.9. The minimum absolute atomic E-state index is 0.215. The summed E-state index contributed by atoms with van der Waals surface area (Å²) in [7, 11) is 1.67. The van der Waals surface area contributed by atoms with Crippen molar-refractivity contribution in [3.05, 3.63) is 11.9 Å². The first-order valence-corrected chi connectivity index (χ1v) is 5.98. The monoisotopic (exact) mass is 252 g/mol. The fourth-order valence-electron chi connectivity index (χ4n) is 2.29. The van der Waals surface area contributed by atoms with Crippen LogP contribution in [-0.2, 0) is 11.8 Å². The smallest absolute Gasteiger partial charge is 0.308 e. The summed E-state index contributed by atoms with van der Waals surface area (Å²) >= 11 is 0. The van der Waals surface area contributed by atoms with Gasteiger partial charge in [0.1, 0.15) is 0 Å². The topological polar surface area (TPSA) is 97.1 Å². The van der Waals surface area contributed by atoms with Crippen LogP contribution in [0.5, 0.6) is 0 Å². The normalized spacial score (nSPS) is 23.6. The number of aromatic nitrogens is 3. The fraction of sp³-hybridized carbons (Fsp3) is 0.636. The Labute approximate surface area is 104 Å². The number of rotatable bonds is 3. The lowest BCUT2D eigenvalue weighted by molar-refractivity contribution is -0.143. The summed E-state index contributed by atoms with van der Waals surface area (Å²) in [6, 6.07) is -0.314. The number of hydrogen-bond acceptors (Lipinski definition) is 4. The first-order valence-electron chi connectivity index (χ1n) is 5.98. The van der Waals surface area contributed by atoms with Crippen LogP contribution >= 0.6 is 0 Å². The van der Waals surface area contributed by atoms with Crippen LogP contribution in [0, 0.1) is 5.92 Å². The molecule has 1 aliphatic carbocycles. The molecule has 0 bridgehead atoms. The molecule has 0 radical (unpaired) electrons. The molecule has 1 heterocycles. The summed E-state index contributed by atoms with van der Waals surface area (Å²) in [5.41, 5.74) is 0.215. The molecule has 98 valence electrons. The lowest BCUT2D eigenvalue weighted by atomic mass is 9.84. The number of carboxylic acids is 1. The Kier molecular flexibility index (Phi) is 3.59. The third kappa shape index (κ3) is 2.66. The number of carboxylic acid groups (broad SMARTS) is 1. The van der Waals surface area contributed by atoms with Crippen molar-refractivity contribution in [1.29, 1.82) is 0 Å². The van der Waals surface area contributed by atoms with Gasteiger partial charge in [-0.3, -0.25) is 14.3 Å². The molecule has 0 aromatic carbocycles. The van der Waals surface area contributed by atoms with E-state index >= 15 is 0 Å². The van der Waals surface area contributed by atoms with Gasteiger partial charge >= 0.3 is 5.97 Å². The molecule has 2 atom stereocenters. The van der Waals surface area contributed by atoms with Gasteiger partial charge in [0.25, 0.3) is 5.91 Å². The van der Waals surface area contributed by atoms with Gasteiger partial charge in [-0.05, 0) is 12.8 Å². The summed E-state index contributed by atoms with van der Waals surface area (Å²) in [6.45, 7) is 0. The molecule has 1 fully saturated rings. The van der Waals surface area contributed by atoms with Crippen molar-refractivity contribution >= 4 is 11.9 Å². The molecule has 2 N–H and O–H groups in total. The van der Waals surface area contributed by atoms with Crippen LogP contribution in [0.15, 0.2) is 6.20 Å². The molecular formula is C11H16N4O3. The predicted molar refractivity (Wildman–Crippen MR) is 61.9 cm³/mol. The molecule has 1 saturated carbocycles. The highest BCUT2D eigenvalue weighted by Crippen LogP contribution is 2.24. The third-order valence-electron chi connectivity index (χ3n) is 3.23. The van der Waals surface area contributed by atoms with Gasteiger partial charge in [-0.2, -0.15) is 0 Å². The second kappa shape index (κ2) is 5.16. The van der Waals surface area contributed by atoms with Gasteiger partial charge in [-0.15, -0.1) is 5.10 Å². The molecule has 0 spiro atoms. The summed E-state index contributed by atoms with van der Waals surface area (Å²) in [5, 5.41) is 19.2. The third-order valence-corrected chi connectivity index (χ3v) is 3.23. The Morgan fingerprint density at radius 1 is 1.44 bits per heavy atom. The van der Waals surface area contributed by atoms with E-state index in [1.165, 1.54) is 10.9 Å². The van der Waals surface area contributed by atoms with Crippen LogP contribution < -0.4 is 5.32 Å². The summed E-state index contributed by atoms with van der Waals surface area (Å²) in [5.74, 6) is -1.71. The summed E-state index contributed by atoms with van der Waals surface area (Å²) in [6.07, 6.45) is 4.65. The number of carbonyl (C=O) groups is 2. The molecule has 7 nitrogen and oxygen atoms in total. The van der Waals surface area contributed by atoms with Crippen LogP contribution in [0.3, 0.4) is 0 Å². The van der Waals surface area contributed by atoms with Gasteiger partial charge in [0, 0.05) is 13.1 Å². The highest BCUT2D eigenvalue weighted by atomic mass is 16.4. The zero-order valence-corrected chi connectivity index (χ0v) is 10.2. The first-order chi connectivity index (χ1) is 8.58. The predicted octanol–water partition coefficient (Wildman–Crippen LogP) is 0.188. The van der Waals surface area contributed by atoms with Gasteiger partial charge in [0.2, 0.25) is 0 Å². The van der Waals surface area contributed by atoms with Crippen LogP contribution in [0.1, 0.15) is 36.2 Å². The average molecular weight is 252 g/mol. The number of amides is 1. The first kappa shape index (κ1) is 12.5. The molecule has 1 amide bonds. The van der Waals surface area contributed by atoms with Crippen molar-refractivity contribution in [2.75, 3.05) is 0 Å². The van der Waals surface area contributed by atoms with E-state index in [4.69, 9.17) is 5.11 Å². The number of nitrogens with zero attached hydrogens (tertiary/aromatic N) is 3. The minimum atomic E-state index is -0.848. The summed E-state index contributed by atoms with van der Waals surface area (Å²) in [4.78, 5) is 23.0. The van der Waals surface area contributed by atoms with Crippen molar-refractivity contribution in [2.24, 2.45) is 13.0 Å². The molecule has 2 rings (SSSR count). The van der Waals surface area contributed by atoms with Gasteiger partial charge in [0.05, 0.1) is 12.1 Å². The molecule has 1 aromatic heterocycles. The second-order valence-corrected chi connectivity index (χ2v) is 4.59. The van der Waals surface area contributed by atoms with Gasteiger partial charge in [-0.1, -0.05) is 18.1 Å². The van der Waals surface area contributed by atoms with Crippen LogP contribution in [-0.4, -0.2) is 38.0 Å². The van der Waals surface area contributed by atoms with E-state index in [-0.39, 0.29) is 17.6 Å². The minimum Gasteiger partial charge on any atom is -0.481 e. The number of aliphatic carboxylic acids is 1. The molecule has 18 heavy (non-hydrogen) atoms. The molecular weight excluding hydrogens is 236 g/mol. The van der Waals surface area contributed by atoms with E-state index in [1.54, 1.807) is 7.05 Å². The Morgan fingerprint density at radius 2 is 2.17 bits per heavy atom. The molecule has 1 aliphatic rings. The number of nitrogens with one attached hydrogen (secondary N) is 1. The number of hydrogen-bond donors (Lipinski definition) is 2. The molecule has 0 aliphatic heterocycles. The van der Waals surface area contributed by atoms with Gasteiger partial charge in [-0.25, -0.2) is 0 Å². The molecule has 2 unspecified atom stereocenters. The molecule has 7 heteroatoms. The number of aryl methyl sites for hydroxylation is 1. The standard InChI is InChI=1S/C11H16N4O3/c1-15-6-9(13-14-15)10(16)12-8-5-3-2-4-7(8)11(17)18/h6-8H,2-5H2,1H3,(H,12,16)(H,17,18). The van der Waals surface area contributed by atoms with E-state index < -0.39 is 11.9 Å². The fourth-order valence-corrected chi connectivity index (χ4v) is 2.29. The van der Waals surface area contributed by atoms with E-state index in [1.807, 2.05) is 0 Å². The van der Waals surface area contributed by atoms with E-state index in [0.717, 1.165) is 12.8 Å². The maximum Gasteiger partial charge on any atom is 0.308 e. The quantitative estimate of drug-likeness (QED) is 0.800. The van der Waals surface area contributed by atoms with Crippen LogP contribution in [0.2, 0.25) is 0 Å². The second-order valence-electron chi connectivity index (χ2n) is 4.59. The Hall–Kier alpha value is -1.92. The lowest BCUT2D eigenvalue weighted by Gasteiger charge is -2.28. The largest absolute Gasteiger partial charge is 0.481 e. The Bertz CT molecular complexity index is 457. The number of carbonyl (C=O) groups excluding carboxylic acids is 1. The Morgan fingerprint density at radius 3 is 2.78 bits per heavy atom. The Balaban J connectivity index is 2.03. The lowest BCUT2D eigenvalue weighted by Crippen LogP contribution is -2.45. The highest BCUT2D eigenvalue weighted by Gasteiger charge is 2.32. The van der Waals surface area contributed by atoms with E-state index in [2.05, 4.69) is 15.6 Å². The van der Waals surface area contributed by atoms with E-state index in [0.29, 0.717) is 12.8 Å². The highest BCUT2D eigenvalue weighted by molar-refractivity contribution is 5.92. The molecule has 1 aromatic rings. The van der Waals surface area contributed by atoms with Crippen LogP contribution in [0.4, 0.5) is 0 Å². The zero-order valence-electron chi connectivity index (χ0n) is 10.2.